The van der Waals surface area contributed by atoms with Crippen LogP contribution in [0.25, 0.3) is 0 Å². The van der Waals surface area contributed by atoms with Gasteiger partial charge in [-0.25, -0.2) is 9.59 Å². The van der Waals surface area contributed by atoms with Crippen molar-refractivity contribution in [1.29, 1.82) is 0 Å². The van der Waals surface area contributed by atoms with Crippen LogP contribution in [0.3, 0.4) is 0 Å². The van der Waals surface area contributed by atoms with Crippen molar-refractivity contribution in [2.75, 3.05) is 13.2 Å². The van der Waals surface area contributed by atoms with E-state index in [1.54, 1.807) is 13.8 Å². The maximum atomic E-state index is 12.2. The Bertz CT molecular complexity index is 808. The number of rotatable bonds is 7. The zero-order valence-corrected chi connectivity index (χ0v) is 13.7. The van der Waals surface area contributed by atoms with E-state index in [4.69, 9.17) is 9.47 Å². The molecule has 0 radical (unpaired) electrons. The van der Waals surface area contributed by atoms with Crippen molar-refractivity contribution in [2.24, 2.45) is 0 Å². The van der Waals surface area contributed by atoms with Crippen LogP contribution in [0.2, 0.25) is 0 Å². The summed E-state index contributed by atoms with van der Waals surface area (Å²) in [5.41, 5.74) is -0.398. The van der Waals surface area contributed by atoms with E-state index in [0.29, 0.717) is 6.61 Å². The molecule has 0 fully saturated rings. The molecule has 7 nitrogen and oxygen atoms in total. The molecule has 7 heteroatoms. The molecule has 128 valence electrons. The second-order valence-electron chi connectivity index (χ2n) is 5.01. The van der Waals surface area contributed by atoms with Gasteiger partial charge in [0.1, 0.15) is 12.3 Å². The molecule has 0 aliphatic carbocycles. The Balaban J connectivity index is 2.61. The highest BCUT2D eigenvalue weighted by Gasteiger charge is 2.22. The van der Waals surface area contributed by atoms with E-state index >= 15 is 0 Å². The van der Waals surface area contributed by atoms with Gasteiger partial charge >= 0.3 is 11.7 Å². The number of aromatic nitrogens is 2. The van der Waals surface area contributed by atoms with E-state index < -0.39 is 17.2 Å². The summed E-state index contributed by atoms with van der Waals surface area (Å²) >= 11 is 0. The molecule has 1 N–H and O–H groups in total. The highest BCUT2D eigenvalue weighted by atomic mass is 16.5. The molecule has 24 heavy (non-hydrogen) atoms. The minimum atomic E-state index is -0.755. The zero-order valence-electron chi connectivity index (χ0n) is 13.7. The van der Waals surface area contributed by atoms with Crippen LogP contribution in [0.4, 0.5) is 0 Å². The van der Waals surface area contributed by atoms with Crippen molar-refractivity contribution in [1.82, 2.24) is 9.55 Å². The number of benzene rings is 1. The number of hydrogen-bond acceptors (Lipinski definition) is 5. The molecule has 1 aromatic carbocycles. The summed E-state index contributed by atoms with van der Waals surface area (Å²) < 4.78 is 11.5. The smallest absolute Gasteiger partial charge is 0.345 e. The Morgan fingerprint density at radius 2 is 1.83 bits per heavy atom. The Kier molecular flexibility index (Phi) is 6.08. The van der Waals surface area contributed by atoms with Crippen molar-refractivity contribution >= 4 is 5.97 Å². The average molecular weight is 332 g/mol. The molecule has 0 saturated heterocycles. The molecule has 0 spiro atoms. The highest BCUT2D eigenvalue weighted by Crippen LogP contribution is 2.12. The van der Waals surface area contributed by atoms with Gasteiger partial charge in [0, 0.05) is 18.7 Å². The first-order chi connectivity index (χ1) is 11.6. The summed E-state index contributed by atoms with van der Waals surface area (Å²) in [5.74, 6) is -0.755. The molecule has 0 aliphatic rings. The third-order valence-corrected chi connectivity index (χ3v) is 3.43. The third-order valence-electron chi connectivity index (χ3n) is 3.43. The van der Waals surface area contributed by atoms with Crippen LogP contribution in [-0.4, -0.2) is 28.7 Å². The average Bonchev–Trinajstić information content (AvgIpc) is 2.55. The van der Waals surface area contributed by atoms with E-state index in [1.165, 1.54) is 4.57 Å². The molecule has 0 saturated carbocycles. The van der Waals surface area contributed by atoms with Crippen LogP contribution >= 0.6 is 0 Å². The van der Waals surface area contributed by atoms with Gasteiger partial charge in [0.05, 0.1) is 6.61 Å². The fraction of sp³-hybridized carbons (Fsp3) is 0.353. The Morgan fingerprint density at radius 3 is 2.46 bits per heavy atom. The minimum absolute atomic E-state index is 0.0549. The maximum absolute atomic E-state index is 12.2. The number of esters is 1. The van der Waals surface area contributed by atoms with Crippen LogP contribution in [-0.2, 0) is 22.6 Å². The molecule has 2 aromatic rings. The predicted molar refractivity (Wildman–Crippen MR) is 88.2 cm³/mol. The largest absolute Gasteiger partial charge is 0.462 e. The molecule has 1 heterocycles. The first-order valence-electron chi connectivity index (χ1n) is 7.73. The Morgan fingerprint density at radius 1 is 1.12 bits per heavy atom. The van der Waals surface area contributed by atoms with E-state index in [2.05, 4.69) is 4.98 Å². The molecule has 0 unspecified atom stereocenters. The summed E-state index contributed by atoms with van der Waals surface area (Å²) in [5, 5.41) is 0. The van der Waals surface area contributed by atoms with Crippen LogP contribution < -0.4 is 11.2 Å². The lowest BCUT2D eigenvalue weighted by molar-refractivity contribution is 0.0515. The number of carbonyl (C=O) groups is 1. The van der Waals surface area contributed by atoms with Crippen LogP contribution in [0, 0.1) is 0 Å². The fourth-order valence-corrected chi connectivity index (χ4v) is 2.32. The first kappa shape index (κ1) is 17.7. The summed E-state index contributed by atoms with van der Waals surface area (Å²) in [6.45, 7) is 3.92. The third kappa shape index (κ3) is 3.99. The molecule has 0 amide bonds. The van der Waals surface area contributed by atoms with Gasteiger partial charge in [0.25, 0.3) is 5.56 Å². The van der Waals surface area contributed by atoms with Gasteiger partial charge in [-0.15, -0.1) is 0 Å². The quantitative estimate of drug-likeness (QED) is 0.772. The van der Waals surface area contributed by atoms with Crippen LogP contribution in [0.1, 0.15) is 35.5 Å². The second-order valence-corrected chi connectivity index (χ2v) is 5.01. The van der Waals surface area contributed by atoms with Crippen LogP contribution in [0.5, 0.6) is 0 Å². The summed E-state index contributed by atoms with van der Waals surface area (Å²) in [6.07, 6.45) is 0.237. The van der Waals surface area contributed by atoms with Crippen molar-refractivity contribution in [3.8, 4) is 0 Å². The molecule has 0 atom stereocenters. The zero-order chi connectivity index (χ0) is 17.5. The molecule has 2 rings (SSSR count). The molecule has 1 aromatic heterocycles. The second kappa shape index (κ2) is 8.26. The number of nitrogens with one attached hydrogen (secondary N) is 1. The van der Waals surface area contributed by atoms with Gasteiger partial charge in [-0.3, -0.25) is 14.3 Å². The SMILES string of the molecule is CCOCn1c(Cc2ccccc2)c(C(=O)OCC)c(=O)[nH]c1=O. The topological polar surface area (TPSA) is 90.4 Å². The van der Waals surface area contributed by atoms with Crippen molar-refractivity contribution in [3.63, 3.8) is 0 Å². The lowest BCUT2D eigenvalue weighted by Gasteiger charge is -2.15. The van der Waals surface area contributed by atoms with E-state index in [9.17, 15) is 14.4 Å². The van der Waals surface area contributed by atoms with Gasteiger partial charge in [-0.1, -0.05) is 30.3 Å². The molecule has 0 bridgehead atoms. The minimum Gasteiger partial charge on any atom is -0.462 e. The number of H-pyrrole nitrogens is 1. The molecule has 0 aliphatic heterocycles. The number of carbonyl (C=O) groups excluding carboxylic acids is 1. The van der Waals surface area contributed by atoms with Gasteiger partial charge in [0.2, 0.25) is 0 Å². The lowest BCUT2D eigenvalue weighted by Crippen LogP contribution is -2.38. The summed E-state index contributed by atoms with van der Waals surface area (Å²) in [7, 11) is 0. The monoisotopic (exact) mass is 332 g/mol. The van der Waals surface area contributed by atoms with Crippen LogP contribution in [0.15, 0.2) is 39.9 Å². The van der Waals surface area contributed by atoms with Crippen molar-refractivity contribution in [2.45, 2.75) is 27.0 Å². The van der Waals surface area contributed by atoms with E-state index in [1.807, 2.05) is 30.3 Å². The van der Waals surface area contributed by atoms with Gasteiger partial charge in [0.15, 0.2) is 0 Å². The number of nitrogens with zero attached hydrogens (tertiary/aromatic N) is 1. The normalized spacial score (nSPS) is 10.6. The fourth-order valence-electron chi connectivity index (χ4n) is 2.32. The summed E-state index contributed by atoms with van der Waals surface area (Å²) in [6, 6.07) is 9.26. The number of ether oxygens (including phenoxy) is 2. The molecular weight excluding hydrogens is 312 g/mol. The predicted octanol–water partition coefficient (Wildman–Crippen LogP) is 1.30. The number of hydrogen-bond donors (Lipinski definition) is 1. The van der Waals surface area contributed by atoms with E-state index in [0.717, 1.165) is 5.56 Å². The lowest BCUT2D eigenvalue weighted by atomic mass is 10.1. The Labute approximate surface area is 138 Å². The maximum Gasteiger partial charge on any atom is 0.345 e. The van der Waals surface area contributed by atoms with Gasteiger partial charge in [-0.2, -0.15) is 0 Å². The van der Waals surface area contributed by atoms with Gasteiger partial charge < -0.3 is 9.47 Å². The van der Waals surface area contributed by atoms with Crippen molar-refractivity contribution in [3.05, 3.63) is 68.0 Å². The van der Waals surface area contributed by atoms with Crippen molar-refractivity contribution < 1.29 is 14.3 Å². The first-order valence-corrected chi connectivity index (χ1v) is 7.73. The Hall–Kier alpha value is -2.67. The van der Waals surface area contributed by atoms with E-state index in [-0.39, 0.29) is 31.0 Å². The van der Waals surface area contributed by atoms with Gasteiger partial charge in [-0.05, 0) is 19.4 Å². The molecular formula is C17H20N2O5. The highest BCUT2D eigenvalue weighted by molar-refractivity contribution is 5.90. The summed E-state index contributed by atoms with van der Waals surface area (Å²) in [4.78, 5) is 38.7. The number of aromatic amines is 1. The standard InChI is InChI=1S/C17H20N2O5/c1-3-23-11-19-13(10-12-8-6-5-7-9-12)14(16(21)24-4-2)15(20)18-17(19)22/h5-9H,3-4,10-11H2,1-2H3,(H,18,20,22).